The van der Waals surface area contributed by atoms with E-state index in [1.807, 2.05) is 36.5 Å². The van der Waals surface area contributed by atoms with E-state index in [0.29, 0.717) is 0 Å². The second kappa shape index (κ2) is 4.91. The van der Waals surface area contributed by atoms with Gasteiger partial charge in [-0.15, -0.1) is 0 Å². The van der Waals surface area contributed by atoms with Gasteiger partial charge in [0, 0.05) is 28.1 Å². The van der Waals surface area contributed by atoms with Gasteiger partial charge in [0.2, 0.25) is 0 Å². The predicted molar refractivity (Wildman–Crippen MR) is 89.5 cm³/mol. The maximum Gasteiger partial charge on any atom is 0.0629 e. The van der Waals surface area contributed by atoms with Crippen LogP contribution in [0.2, 0.25) is 0 Å². The molecule has 3 aromatic carbocycles. The van der Waals surface area contributed by atoms with E-state index < -0.39 is 0 Å². The van der Waals surface area contributed by atoms with Crippen molar-refractivity contribution in [1.82, 2.24) is 4.98 Å². The summed E-state index contributed by atoms with van der Waals surface area (Å²) in [6.07, 6.45) is 1.92. The molecular formula is C19H14N2. The van der Waals surface area contributed by atoms with Gasteiger partial charge >= 0.3 is 0 Å². The van der Waals surface area contributed by atoms with Gasteiger partial charge < -0.3 is 4.98 Å². The molecule has 0 bridgehead atoms. The Hall–Kier alpha value is -2.87. The molecule has 0 spiro atoms. The van der Waals surface area contributed by atoms with Crippen molar-refractivity contribution in [3.05, 3.63) is 78.4 Å². The molecule has 0 atom stereocenters. The maximum absolute atomic E-state index is 4.55. The van der Waals surface area contributed by atoms with Crippen LogP contribution in [0.25, 0.3) is 21.8 Å². The molecule has 1 N–H and O–H groups in total. The van der Waals surface area contributed by atoms with E-state index in [9.17, 15) is 0 Å². The topological polar surface area (TPSA) is 28.1 Å². The Bertz CT molecular complexity index is 934. The smallest absolute Gasteiger partial charge is 0.0629 e. The molecule has 0 unspecified atom stereocenters. The van der Waals surface area contributed by atoms with Crippen LogP contribution in [0.4, 0.5) is 5.69 Å². The molecule has 4 rings (SSSR count). The fourth-order valence-corrected chi connectivity index (χ4v) is 2.66. The summed E-state index contributed by atoms with van der Waals surface area (Å²) in [7, 11) is 0. The van der Waals surface area contributed by atoms with E-state index in [2.05, 4.69) is 52.4 Å². The number of rotatable bonds is 2. The largest absolute Gasteiger partial charge is 0.354 e. The predicted octanol–water partition coefficient (Wildman–Crippen LogP) is 5.07. The maximum atomic E-state index is 4.55. The van der Waals surface area contributed by atoms with Crippen molar-refractivity contribution in [2.45, 2.75) is 0 Å². The number of aromatic nitrogens is 1. The number of nitrogens with one attached hydrogen (secondary N) is 1. The highest BCUT2D eigenvalue weighted by Gasteiger charge is 2.05. The molecule has 2 nitrogen and oxygen atoms in total. The van der Waals surface area contributed by atoms with Gasteiger partial charge in [0.15, 0.2) is 0 Å². The summed E-state index contributed by atoms with van der Waals surface area (Å²) < 4.78 is 0. The fourth-order valence-electron chi connectivity index (χ4n) is 2.66. The van der Waals surface area contributed by atoms with Crippen LogP contribution in [-0.4, -0.2) is 11.2 Å². The number of hydrogen-bond acceptors (Lipinski definition) is 1. The van der Waals surface area contributed by atoms with Gasteiger partial charge in [-0.1, -0.05) is 54.6 Å². The summed E-state index contributed by atoms with van der Waals surface area (Å²) in [4.78, 5) is 8.04. The van der Waals surface area contributed by atoms with E-state index in [0.717, 1.165) is 22.3 Å². The first kappa shape index (κ1) is 11.9. The van der Waals surface area contributed by atoms with Gasteiger partial charge in [-0.25, -0.2) is 0 Å². The third-order valence-electron chi connectivity index (χ3n) is 3.68. The first-order valence-corrected chi connectivity index (χ1v) is 7.00. The molecule has 0 fully saturated rings. The molecular weight excluding hydrogens is 256 g/mol. The van der Waals surface area contributed by atoms with E-state index in [1.54, 1.807) is 0 Å². The number of nitrogens with zero attached hydrogens (tertiary/aromatic N) is 1. The van der Waals surface area contributed by atoms with Gasteiger partial charge in [-0.05, 0) is 18.2 Å². The number of fused-ring (bicyclic) bond motifs is 3. The summed E-state index contributed by atoms with van der Waals surface area (Å²) in [5.41, 5.74) is 4.37. The zero-order chi connectivity index (χ0) is 14.1. The van der Waals surface area contributed by atoms with Crippen molar-refractivity contribution in [2.75, 3.05) is 0 Å². The molecule has 100 valence electrons. The Kier molecular flexibility index (Phi) is 2.79. The second-order valence-electron chi connectivity index (χ2n) is 5.03. The number of hydrogen-bond donors (Lipinski definition) is 1. The molecule has 0 aliphatic heterocycles. The molecule has 0 saturated carbocycles. The van der Waals surface area contributed by atoms with Crippen LogP contribution in [0, 0.1) is 0 Å². The van der Waals surface area contributed by atoms with Crippen LogP contribution in [-0.2, 0) is 0 Å². The number of H-pyrrole nitrogens is 1. The van der Waals surface area contributed by atoms with Crippen molar-refractivity contribution >= 4 is 33.7 Å². The number of aliphatic imine (C=N–C) groups is 1. The van der Waals surface area contributed by atoms with Crippen molar-refractivity contribution in [3.8, 4) is 0 Å². The summed E-state index contributed by atoms with van der Waals surface area (Å²) in [5.74, 6) is 0. The highest BCUT2D eigenvalue weighted by molar-refractivity contribution is 6.12. The molecule has 2 heteroatoms. The lowest BCUT2D eigenvalue weighted by Gasteiger charge is -1.97. The first-order chi connectivity index (χ1) is 10.4. The summed E-state index contributed by atoms with van der Waals surface area (Å²) >= 11 is 0. The van der Waals surface area contributed by atoms with E-state index in [4.69, 9.17) is 0 Å². The monoisotopic (exact) mass is 270 g/mol. The van der Waals surface area contributed by atoms with Gasteiger partial charge in [0.25, 0.3) is 0 Å². The summed E-state index contributed by atoms with van der Waals surface area (Å²) in [6, 6.07) is 24.7. The zero-order valence-electron chi connectivity index (χ0n) is 11.5. The highest BCUT2D eigenvalue weighted by Crippen LogP contribution is 2.27. The molecule has 21 heavy (non-hydrogen) atoms. The summed E-state index contributed by atoms with van der Waals surface area (Å²) in [5, 5.41) is 2.49. The molecule has 0 saturated heterocycles. The third kappa shape index (κ3) is 2.11. The number of aromatic amines is 1. The van der Waals surface area contributed by atoms with Crippen LogP contribution in [0.15, 0.2) is 77.8 Å². The molecule has 0 aliphatic rings. The Morgan fingerprint density at radius 3 is 2.38 bits per heavy atom. The lowest BCUT2D eigenvalue weighted by molar-refractivity contribution is 1.51. The van der Waals surface area contributed by atoms with E-state index in [-0.39, 0.29) is 0 Å². The highest BCUT2D eigenvalue weighted by atomic mass is 14.7. The molecule has 1 heterocycles. The van der Waals surface area contributed by atoms with Crippen LogP contribution in [0.3, 0.4) is 0 Å². The number of para-hydroxylation sites is 3. The quantitative estimate of drug-likeness (QED) is 0.492. The minimum Gasteiger partial charge on any atom is -0.354 e. The number of benzene rings is 3. The normalized spacial score (nSPS) is 11.6. The first-order valence-electron chi connectivity index (χ1n) is 7.00. The van der Waals surface area contributed by atoms with Gasteiger partial charge in [0.1, 0.15) is 0 Å². The Labute approximate surface area is 122 Å². The zero-order valence-corrected chi connectivity index (χ0v) is 11.5. The fraction of sp³-hybridized carbons (Fsp3) is 0. The van der Waals surface area contributed by atoms with Gasteiger partial charge in [-0.3, -0.25) is 4.99 Å². The Morgan fingerprint density at radius 1 is 0.714 bits per heavy atom. The Balaban J connectivity index is 1.87. The van der Waals surface area contributed by atoms with Crippen molar-refractivity contribution in [3.63, 3.8) is 0 Å². The molecule has 0 amide bonds. The van der Waals surface area contributed by atoms with Crippen molar-refractivity contribution < 1.29 is 0 Å². The molecule has 1 aromatic heterocycles. The van der Waals surface area contributed by atoms with Gasteiger partial charge in [-0.2, -0.15) is 0 Å². The van der Waals surface area contributed by atoms with Crippen LogP contribution in [0.1, 0.15) is 5.56 Å². The lowest BCUT2D eigenvalue weighted by atomic mass is 10.1. The second-order valence-corrected chi connectivity index (χ2v) is 5.03. The standard InChI is InChI=1S/C19H14N2/c1-2-8-15(9-3-1)20-13-14-7-6-11-17-16-10-4-5-12-18(16)21-19(14)17/h1-13,21H/b20-13+. The van der Waals surface area contributed by atoms with Crippen LogP contribution >= 0.6 is 0 Å². The molecule has 0 radical (unpaired) electrons. The third-order valence-corrected chi connectivity index (χ3v) is 3.68. The summed E-state index contributed by atoms with van der Waals surface area (Å²) in [6.45, 7) is 0. The van der Waals surface area contributed by atoms with Crippen LogP contribution in [0.5, 0.6) is 0 Å². The SMILES string of the molecule is C(=N\c1ccccc1)/c1cccc2c1[nH]c1ccccc12. The van der Waals surface area contributed by atoms with E-state index >= 15 is 0 Å². The van der Waals surface area contributed by atoms with Crippen LogP contribution < -0.4 is 0 Å². The van der Waals surface area contributed by atoms with Gasteiger partial charge in [0.05, 0.1) is 11.2 Å². The minimum atomic E-state index is 0.964. The molecule has 0 aliphatic carbocycles. The average Bonchev–Trinajstić information content (AvgIpc) is 2.93. The van der Waals surface area contributed by atoms with Crippen molar-refractivity contribution in [2.24, 2.45) is 4.99 Å². The Morgan fingerprint density at radius 2 is 1.48 bits per heavy atom. The van der Waals surface area contributed by atoms with E-state index in [1.165, 1.54) is 10.8 Å². The minimum absolute atomic E-state index is 0.964. The average molecular weight is 270 g/mol. The molecule has 4 aromatic rings. The van der Waals surface area contributed by atoms with Crippen molar-refractivity contribution in [1.29, 1.82) is 0 Å². The lowest BCUT2D eigenvalue weighted by Crippen LogP contribution is -1.82.